The van der Waals surface area contributed by atoms with Crippen LogP contribution in [0.3, 0.4) is 0 Å². The summed E-state index contributed by atoms with van der Waals surface area (Å²) in [5, 5.41) is 19.2. The van der Waals surface area contributed by atoms with E-state index >= 15 is 0 Å². The van der Waals surface area contributed by atoms with E-state index in [0.717, 1.165) is 50.3 Å². The molecule has 3 aromatic heterocycles. The van der Waals surface area contributed by atoms with E-state index in [0.29, 0.717) is 30.5 Å². The molecule has 4 aromatic rings. The molecule has 1 aliphatic carbocycles. The Morgan fingerprint density at radius 3 is 2.38 bits per heavy atom. The first-order valence-corrected chi connectivity index (χ1v) is 21.0. The lowest BCUT2D eigenvalue weighted by Gasteiger charge is -2.50. The maximum Gasteiger partial charge on any atom is 0.276 e. The summed E-state index contributed by atoms with van der Waals surface area (Å²) in [6.45, 7) is 7.27. The number of piperidine rings is 2. The lowest BCUT2D eigenvalue weighted by Crippen LogP contribution is -2.63. The lowest BCUT2D eigenvalue weighted by molar-refractivity contribution is -0.150. The van der Waals surface area contributed by atoms with Crippen LogP contribution in [0.5, 0.6) is 0 Å². The van der Waals surface area contributed by atoms with Crippen LogP contribution in [0.15, 0.2) is 61.1 Å². The SMILES string of the molecule is CC1(C)Cc2[nH]nc(C(=O)Nc3cnn(C(c4ccccc4)C4CN(C(=O)C5CN(C6CCN(c7ccc(C(=O)NC8CCC(=O)NC8=O)nc7)CC6)C5)C4)c3)c2CC1(F)F. The van der Waals surface area contributed by atoms with Gasteiger partial charge in [0.05, 0.1) is 35.7 Å². The molecule has 5 amide bonds. The van der Waals surface area contributed by atoms with Gasteiger partial charge in [-0.3, -0.25) is 44.0 Å². The third-order valence-corrected chi connectivity index (χ3v) is 13.3. The number of nitrogens with zero attached hydrogens (tertiary/aromatic N) is 7. The Morgan fingerprint density at radius 2 is 1.67 bits per heavy atom. The number of anilines is 2. The van der Waals surface area contributed by atoms with Crippen LogP contribution in [0.1, 0.15) is 83.4 Å². The highest BCUT2D eigenvalue weighted by molar-refractivity contribution is 6.04. The summed E-state index contributed by atoms with van der Waals surface area (Å²) in [5.74, 6) is -4.68. The third kappa shape index (κ3) is 7.88. The fourth-order valence-corrected chi connectivity index (χ4v) is 9.37. The summed E-state index contributed by atoms with van der Waals surface area (Å²) >= 11 is 0. The number of nitrogens with one attached hydrogen (secondary N) is 4. The van der Waals surface area contributed by atoms with E-state index in [2.05, 4.69) is 46.0 Å². The zero-order valence-corrected chi connectivity index (χ0v) is 34.1. The molecule has 4 aliphatic heterocycles. The Labute approximate surface area is 350 Å². The van der Waals surface area contributed by atoms with Crippen LogP contribution >= 0.6 is 0 Å². The molecule has 18 heteroatoms. The molecule has 0 bridgehead atoms. The summed E-state index contributed by atoms with van der Waals surface area (Å²) in [5.41, 5.74) is 2.06. The number of amides is 5. The molecule has 0 saturated carbocycles. The fraction of sp³-hybridized carbons (Fsp3) is 0.488. The van der Waals surface area contributed by atoms with Gasteiger partial charge in [-0.2, -0.15) is 10.2 Å². The largest absolute Gasteiger partial charge is 0.370 e. The second kappa shape index (κ2) is 15.8. The summed E-state index contributed by atoms with van der Waals surface area (Å²) in [6, 6.07) is 12.8. The number of H-pyrrole nitrogens is 1. The number of carbonyl (C=O) groups is 5. The predicted octanol–water partition coefficient (Wildman–Crippen LogP) is 3.20. The van der Waals surface area contributed by atoms with E-state index in [1.54, 1.807) is 29.3 Å². The molecule has 1 aromatic carbocycles. The van der Waals surface area contributed by atoms with Gasteiger partial charge in [0.25, 0.3) is 17.7 Å². The normalized spacial score (nSPS) is 22.4. The molecule has 4 saturated heterocycles. The number of alkyl halides is 2. The van der Waals surface area contributed by atoms with Crippen molar-refractivity contribution in [2.24, 2.45) is 17.3 Å². The summed E-state index contributed by atoms with van der Waals surface area (Å²) in [6.07, 6.45) is 6.80. The minimum Gasteiger partial charge on any atom is -0.370 e. The van der Waals surface area contributed by atoms with Gasteiger partial charge in [0, 0.05) is 93.4 Å². The number of halogens is 2. The van der Waals surface area contributed by atoms with Gasteiger partial charge in [-0.15, -0.1) is 0 Å². The van der Waals surface area contributed by atoms with E-state index in [4.69, 9.17) is 0 Å². The maximum atomic E-state index is 14.9. The lowest BCUT2D eigenvalue weighted by atomic mass is 9.73. The molecule has 7 heterocycles. The molecule has 5 aliphatic rings. The van der Waals surface area contributed by atoms with Gasteiger partial charge in [0.2, 0.25) is 17.7 Å². The number of benzene rings is 1. The zero-order chi connectivity index (χ0) is 42.6. The number of carbonyl (C=O) groups excluding carboxylic acids is 5. The zero-order valence-electron chi connectivity index (χ0n) is 34.1. The first-order chi connectivity index (χ1) is 29.2. The molecular weight excluding hydrogens is 789 g/mol. The Bertz CT molecular complexity index is 2330. The van der Waals surface area contributed by atoms with E-state index in [1.807, 2.05) is 41.3 Å². The number of likely N-dealkylation sites (tertiary alicyclic amines) is 2. The molecular formula is C43H49F2N11O5. The minimum atomic E-state index is -2.98. The van der Waals surface area contributed by atoms with E-state index in [9.17, 15) is 32.8 Å². The van der Waals surface area contributed by atoms with Gasteiger partial charge in [0.15, 0.2) is 5.69 Å². The van der Waals surface area contributed by atoms with Crippen molar-refractivity contribution in [2.75, 3.05) is 49.5 Å². The number of aromatic nitrogens is 5. The summed E-state index contributed by atoms with van der Waals surface area (Å²) in [4.78, 5) is 74.0. The Kier molecular flexibility index (Phi) is 10.4. The van der Waals surface area contributed by atoms with Crippen LogP contribution in [0.2, 0.25) is 0 Å². The number of fused-ring (bicyclic) bond motifs is 1. The highest BCUT2D eigenvalue weighted by atomic mass is 19.3. The van der Waals surface area contributed by atoms with E-state index in [1.165, 1.54) is 13.8 Å². The van der Waals surface area contributed by atoms with Crippen LogP contribution in [0, 0.1) is 17.3 Å². The van der Waals surface area contributed by atoms with Gasteiger partial charge in [0.1, 0.15) is 11.7 Å². The quantitative estimate of drug-likeness (QED) is 0.173. The number of imide groups is 1. The van der Waals surface area contributed by atoms with Crippen molar-refractivity contribution in [2.45, 2.75) is 76.4 Å². The number of pyridine rings is 1. The Morgan fingerprint density at radius 1 is 0.918 bits per heavy atom. The monoisotopic (exact) mass is 837 g/mol. The van der Waals surface area contributed by atoms with Crippen LogP contribution in [-0.4, -0.2) is 122 Å². The highest BCUT2D eigenvalue weighted by Crippen LogP contribution is 2.46. The number of hydrogen-bond acceptors (Lipinski definition) is 10. The Balaban J connectivity index is 0.751. The topological polar surface area (TPSA) is 191 Å². The van der Waals surface area contributed by atoms with Gasteiger partial charge in [-0.25, -0.2) is 13.8 Å². The molecule has 4 N–H and O–H groups in total. The smallest absolute Gasteiger partial charge is 0.276 e. The van der Waals surface area contributed by atoms with Gasteiger partial charge < -0.3 is 20.4 Å². The van der Waals surface area contributed by atoms with Crippen molar-refractivity contribution in [3.05, 3.63) is 89.3 Å². The second-order valence-corrected chi connectivity index (χ2v) is 17.7. The molecule has 16 nitrogen and oxygen atoms in total. The molecule has 4 fully saturated rings. The maximum absolute atomic E-state index is 14.9. The van der Waals surface area contributed by atoms with Crippen molar-refractivity contribution in [1.82, 2.24) is 45.4 Å². The van der Waals surface area contributed by atoms with Crippen LogP contribution < -0.4 is 20.9 Å². The Hall–Kier alpha value is -6.04. The fourth-order valence-electron chi connectivity index (χ4n) is 9.37. The predicted molar refractivity (Wildman–Crippen MR) is 218 cm³/mol. The molecule has 0 spiro atoms. The van der Waals surface area contributed by atoms with Gasteiger partial charge >= 0.3 is 0 Å². The molecule has 320 valence electrons. The van der Waals surface area contributed by atoms with Crippen LogP contribution in [0.25, 0.3) is 0 Å². The molecule has 0 radical (unpaired) electrons. The summed E-state index contributed by atoms with van der Waals surface area (Å²) in [7, 11) is 0. The highest BCUT2D eigenvalue weighted by Gasteiger charge is 2.52. The van der Waals surface area contributed by atoms with E-state index in [-0.39, 0.29) is 65.9 Å². The standard InChI is InChI=1S/C43H49F2N11O5/c1-42(2)17-34-31(16-43(42,44)45)36(52-51-34)40(60)48-28-18-47-56(24-28)37(25-6-4-3-5-7-25)26-20-55(21-26)41(61)27-22-54(23-27)29-12-14-53(15-13-29)30-8-9-32(46-19-30)38(58)49-33-10-11-35(57)50-39(33)59/h3-9,18-19,24,26-27,29,33,37H,10-17,20-23H2,1-2H3,(H,48,60)(H,49,58)(H,51,52)(H,50,57,59). The van der Waals surface area contributed by atoms with Crippen molar-refractivity contribution in [3.8, 4) is 0 Å². The summed E-state index contributed by atoms with van der Waals surface area (Å²) < 4.78 is 31.6. The second-order valence-electron chi connectivity index (χ2n) is 17.7. The average Bonchev–Trinajstić information content (AvgIpc) is 3.83. The van der Waals surface area contributed by atoms with Gasteiger partial charge in [-0.05, 0) is 37.0 Å². The molecule has 2 unspecified atom stereocenters. The van der Waals surface area contributed by atoms with E-state index < -0.39 is 41.5 Å². The number of aromatic amines is 1. The van der Waals surface area contributed by atoms with Gasteiger partial charge in [-0.1, -0.05) is 44.2 Å². The van der Waals surface area contributed by atoms with Crippen molar-refractivity contribution in [1.29, 1.82) is 0 Å². The molecule has 9 rings (SSSR count). The number of rotatable bonds is 10. The van der Waals surface area contributed by atoms with Crippen LogP contribution in [-0.2, 0) is 27.2 Å². The first-order valence-electron chi connectivity index (χ1n) is 21.0. The van der Waals surface area contributed by atoms with Crippen molar-refractivity contribution >= 4 is 40.9 Å². The number of hydrogen-bond donors (Lipinski definition) is 4. The first kappa shape index (κ1) is 40.4. The van der Waals surface area contributed by atoms with Crippen molar-refractivity contribution < 1.29 is 32.8 Å². The minimum absolute atomic E-state index is 0.0373. The average molecular weight is 838 g/mol. The van der Waals surface area contributed by atoms with Crippen molar-refractivity contribution in [3.63, 3.8) is 0 Å². The molecule has 2 atom stereocenters. The third-order valence-electron chi connectivity index (χ3n) is 13.3. The van der Waals surface area contributed by atoms with Crippen LogP contribution in [0.4, 0.5) is 20.2 Å². The molecule has 61 heavy (non-hydrogen) atoms.